The Morgan fingerprint density at radius 1 is 1.09 bits per heavy atom. The molecule has 0 unspecified atom stereocenters. The molecule has 2 aliphatic heterocycles. The summed E-state index contributed by atoms with van der Waals surface area (Å²) in [6.45, 7) is 11.3. The highest BCUT2D eigenvalue weighted by atomic mass is 19.1. The third kappa shape index (κ3) is 4.89. The van der Waals surface area contributed by atoms with Gasteiger partial charge in [-0.25, -0.2) is 4.39 Å². The van der Waals surface area contributed by atoms with E-state index < -0.39 is 23.8 Å². The van der Waals surface area contributed by atoms with Crippen LogP contribution in [0.2, 0.25) is 0 Å². The van der Waals surface area contributed by atoms with Crippen LogP contribution in [0, 0.1) is 16.6 Å². The van der Waals surface area contributed by atoms with Gasteiger partial charge in [-0.3, -0.25) is 4.79 Å². The van der Waals surface area contributed by atoms with Gasteiger partial charge in [0, 0.05) is 35.4 Å². The molecule has 0 aliphatic carbocycles. The second-order valence-corrected chi connectivity index (χ2v) is 10.4. The SMILES string of the molecule is CC1(C)COC(c2cc(C(=O)Nc3ccc(N4CCC(C)(C)C4)cc3)cc(F)c2O)OC1. The fourth-order valence-electron chi connectivity index (χ4n) is 4.09. The van der Waals surface area contributed by atoms with E-state index in [4.69, 9.17) is 9.47 Å². The molecule has 2 N–H and O–H groups in total. The van der Waals surface area contributed by atoms with Gasteiger partial charge < -0.3 is 24.8 Å². The number of nitrogens with zero attached hydrogens (tertiary/aromatic N) is 1. The van der Waals surface area contributed by atoms with Crippen molar-refractivity contribution >= 4 is 17.3 Å². The average molecular weight is 443 g/mol. The zero-order valence-corrected chi connectivity index (χ0v) is 19.1. The Hall–Kier alpha value is -2.64. The summed E-state index contributed by atoms with van der Waals surface area (Å²) in [7, 11) is 0. The number of amides is 1. The summed E-state index contributed by atoms with van der Waals surface area (Å²) in [6, 6.07) is 10.1. The molecule has 0 saturated carbocycles. The highest BCUT2D eigenvalue weighted by Crippen LogP contribution is 2.37. The number of carbonyl (C=O) groups is 1. The minimum absolute atomic E-state index is 0.0812. The third-order valence-corrected chi connectivity index (χ3v) is 6.03. The summed E-state index contributed by atoms with van der Waals surface area (Å²) in [4.78, 5) is 15.1. The van der Waals surface area contributed by atoms with Crippen LogP contribution in [0.5, 0.6) is 5.75 Å². The largest absolute Gasteiger partial charge is 0.504 e. The number of hydrogen-bond donors (Lipinski definition) is 2. The summed E-state index contributed by atoms with van der Waals surface area (Å²) >= 11 is 0. The van der Waals surface area contributed by atoms with Gasteiger partial charge in [0.1, 0.15) is 0 Å². The van der Waals surface area contributed by atoms with Crippen LogP contribution in [0.25, 0.3) is 0 Å². The Bertz CT molecular complexity index is 994. The molecule has 2 aliphatic rings. The summed E-state index contributed by atoms with van der Waals surface area (Å²) < 4.78 is 25.7. The van der Waals surface area contributed by atoms with Crippen molar-refractivity contribution in [3.63, 3.8) is 0 Å². The Balaban J connectivity index is 1.47. The molecule has 2 heterocycles. The lowest BCUT2D eigenvalue weighted by atomic mass is 9.93. The highest BCUT2D eigenvalue weighted by Gasteiger charge is 2.32. The molecule has 2 aromatic rings. The van der Waals surface area contributed by atoms with E-state index in [2.05, 4.69) is 24.1 Å². The molecule has 7 heteroatoms. The lowest BCUT2D eigenvalue weighted by Gasteiger charge is -2.34. The van der Waals surface area contributed by atoms with Gasteiger partial charge in [0.05, 0.1) is 18.8 Å². The number of ether oxygens (including phenoxy) is 2. The van der Waals surface area contributed by atoms with Gasteiger partial charge in [-0.1, -0.05) is 27.7 Å². The van der Waals surface area contributed by atoms with Crippen LogP contribution in [-0.2, 0) is 9.47 Å². The first-order chi connectivity index (χ1) is 15.0. The summed E-state index contributed by atoms with van der Waals surface area (Å²) in [5.41, 5.74) is 2.04. The number of phenolic OH excluding ortho intramolecular Hbond substituents is 1. The maximum Gasteiger partial charge on any atom is 0.255 e. The van der Waals surface area contributed by atoms with Crippen molar-refractivity contribution in [2.75, 3.05) is 36.5 Å². The lowest BCUT2D eigenvalue weighted by Crippen LogP contribution is -2.34. The first-order valence-electron chi connectivity index (χ1n) is 11.0. The van der Waals surface area contributed by atoms with Crippen LogP contribution in [0.4, 0.5) is 15.8 Å². The smallest absolute Gasteiger partial charge is 0.255 e. The van der Waals surface area contributed by atoms with Crippen molar-refractivity contribution in [3.8, 4) is 5.75 Å². The van der Waals surface area contributed by atoms with Crippen LogP contribution in [0.15, 0.2) is 36.4 Å². The van der Waals surface area contributed by atoms with Gasteiger partial charge >= 0.3 is 0 Å². The highest BCUT2D eigenvalue weighted by molar-refractivity contribution is 6.04. The van der Waals surface area contributed by atoms with Crippen molar-refractivity contribution in [2.24, 2.45) is 10.8 Å². The van der Waals surface area contributed by atoms with E-state index in [0.717, 1.165) is 31.3 Å². The lowest BCUT2D eigenvalue weighted by molar-refractivity contribution is -0.226. The maximum absolute atomic E-state index is 14.4. The summed E-state index contributed by atoms with van der Waals surface area (Å²) in [5, 5.41) is 13.0. The van der Waals surface area contributed by atoms with Crippen LogP contribution in [0.1, 0.15) is 56.3 Å². The third-order valence-electron chi connectivity index (χ3n) is 6.03. The van der Waals surface area contributed by atoms with E-state index in [-0.39, 0.29) is 16.5 Å². The Morgan fingerprint density at radius 2 is 1.75 bits per heavy atom. The zero-order valence-electron chi connectivity index (χ0n) is 19.1. The molecule has 4 rings (SSSR count). The first kappa shape index (κ1) is 22.6. The molecular weight excluding hydrogens is 411 g/mol. The molecule has 0 bridgehead atoms. The van der Waals surface area contributed by atoms with Gasteiger partial charge in [-0.05, 0) is 48.2 Å². The van der Waals surface area contributed by atoms with Crippen molar-refractivity contribution in [3.05, 3.63) is 53.3 Å². The van der Waals surface area contributed by atoms with E-state index in [0.29, 0.717) is 24.3 Å². The Labute approximate surface area is 188 Å². The maximum atomic E-state index is 14.4. The van der Waals surface area contributed by atoms with E-state index >= 15 is 0 Å². The molecule has 1 amide bonds. The molecule has 2 aromatic carbocycles. The number of phenols is 1. The van der Waals surface area contributed by atoms with Gasteiger partial charge in [-0.15, -0.1) is 0 Å². The summed E-state index contributed by atoms with van der Waals surface area (Å²) in [5.74, 6) is -1.93. The predicted octanol–water partition coefficient (Wildman–Crippen LogP) is 5.09. The second-order valence-electron chi connectivity index (χ2n) is 10.4. The van der Waals surface area contributed by atoms with Crippen LogP contribution in [0.3, 0.4) is 0 Å². The molecule has 0 atom stereocenters. The van der Waals surface area contributed by atoms with E-state index in [1.165, 1.54) is 6.07 Å². The standard InChI is InChI=1S/C25H31FN2O4/c1-24(2)9-10-28(13-24)18-7-5-17(6-8-18)27-22(30)16-11-19(21(29)20(26)12-16)23-31-14-25(3,4)15-32-23/h5-8,11-12,23,29H,9-10,13-15H2,1-4H3,(H,27,30). The van der Waals surface area contributed by atoms with Gasteiger partial charge in [0.2, 0.25) is 0 Å². The normalized spacial score (nSPS) is 20.3. The number of nitrogens with one attached hydrogen (secondary N) is 1. The minimum Gasteiger partial charge on any atom is -0.504 e. The van der Waals surface area contributed by atoms with E-state index in [1.54, 1.807) is 0 Å². The van der Waals surface area contributed by atoms with Crippen LogP contribution >= 0.6 is 0 Å². The average Bonchev–Trinajstić information content (AvgIpc) is 3.10. The van der Waals surface area contributed by atoms with Crippen molar-refractivity contribution in [1.82, 2.24) is 0 Å². The molecule has 2 saturated heterocycles. The molecular formula is C25H31FN2O4. The van der Waals surface area contributed by atoms with Gasteiger partial charge in [0.25, 0.3) is 5.91 Å². The number of hydrogen-bond acceptors (Lipinski definition) is 5. The van der Waals surface area contributed by atoms with Crippen molar-refractivity contribution in [1.29, 1.82) is 0 Å². The summed E-state index contributed by atoms with van der Waals surface area (Å²) in [6.07, 6.45) is 0.223. The number of rotatable bonds is 4. The van der Waals surface area contributed by atoms with Crippen molar-refractivity contribution in [2.45, 2.75) is 40.4 Å². The predicted molar refractivity (Wildman–Crippen MR) is 121 cm³/mol. The number of aromatic hydroxyl groups is 1. The molecule has 2 fully saturated rings. The van der Waals surface area contributed by atoms with Gasteiger partial charge in [-0.2, -0.15) is 0 Å². The van der Waals surface area contributed by atoms with Crippen LogP contribution in [-0.4, -0.2) is 37.3 Å². The van der Waals surface area contributed by atoms with Gasteiger partial charge in [0.15, 0.2) is 17.9 Å². The number of halogens is 1. The molecule has 0 aromatic heterocycles. The second kappa shape index (κ2) is 8.37. The number of carbonyl (C=O) groups excluding carboxylic acids is 1. The molecule has 32 heavy (non-hydrogen) atoms. The van der Waals surface area contributed by atoms with E-state index in [1.807, 2.05) is 38.1 Å². The first-order valence-corrected chi connectivity index (χ1v) is 11.0. The Morgan fingerprint density at radius 3 is 2.34 bits per heavy atom. The molecule has 6 nitrogen and oxygen atoms in total. The van der Waals surface area contributed by atoms with E-state index in [9.17, 15) is 14.3 Å². The zero-order chi connectivity index (χ0) is 23.1. The molecule has 172 valence electrons. The fraction of sp³-hybridized carbons (Fsp3) is 0.480. The van der Waals surface area contributed by atoms with Crippen LogP contribution < -0.4 is 10.2 Å². The minimum atomic E-state index is -0.922. The fourth-order valence-corrected chi connectivity index (χ4v) is 4.09. The number of benzene rings is 2. The molecule has 0 spiro atoms. The number of anilines is 2. The topological polar surface area (TPSA) is 71.0 Å². The molecule has 0 radical (unpaired) electrons. The van der Waals surface area contributed by atoms with Crippen molar-refractivity contribution < 1.29 is 23.8 Å². The monoisotopic (exact) mass is 442 g/mol. The Kier molecular flexibility index (Phi) is 5.90. The quantitative estimate of drug-likeness (QED) is 0.690.